The molecule has 1 N–H and O–H groups in total. The van der Waals surface area contributed by atoms with E-state index in [-0.39, 0.29) is 24.0 Å². The van der Waals surface area contributed by atoms with Gasteiger partial charge in [0.2, 0.25) is 5.95 Å². The summed E-state index contributed by atoms with van der Waals surface area (Å²) in [6, 6.07) is 1.30. The Morgan fingerprint density at radius 1 is 1.06 bits per heavy atom. The number of carbonyl (C=O) groups excluding carboxylic acids is 2. The van der Waals surface area contributed by atoms with E-state index in [0.717, 1.165) is 52.0 Å². The summed E-state index contributed by atoms with van der Waals surface area (Å²) in [6.45, 7) is 4.35. The number of esters is 1. The highest BCUT2D eigenvalue weighted by molar-refractivity contribution is 5.84. The molecular formula is C23H35N5O4. The van der Waals surface area contributed by atoms with Crippen molar-refractivity contribution in [3.05, 3.63) is 18.5 Å². The van der Waals surface area contributed by atoms with Gasteiger partial charge in [-0.3, -0.25) is 9.69 Å². The van der Waals surface area contributed by atoms with Crippen LogP contribution in [0.4, 0.5) is 5.95 Å². The number of piperidine rings is 1. The summed E-state index contributed by atoms with van der Waals surface area (Å²) in [7, 11) is 0. The van der Waals surface area contributed by atoms with Gasteiger partial charge in [0.15, 0.2) is 6.61 Å². The minimum Gasteiger partial charge on any atom is -0.454 e. The summed E-state index contributed by atoms with van der Waals surface area (Å²) in [5.74, 6) is -0.0916. The Balaban J connectivity index is 1.29. The van der Waals surface area contributed by atoms with E-state index in [1.54, 1.807) is 18.5 Å². The molecule has 32 heavy (non-hydrogen) atoms. The summed E-state index contributed by atoms with van der Waals surface area (Å²) in [6.07, 6.45) is 11.7. The van der Waals surface area contributed by atoms with Gasteiger partial charge in [0.25, 0.3) is 5.91 Å². The minimum atomic E-state index is -0.447. The largest absolute Gasteiger partial charge is 0.454 e. The highest BCUT2D eigenvalue weighted by atomic mass is 16.5. The predicted octanol–water partition coefficient (Wildman–Crippen LogP) is 1.53. The van der Waals surface area contributed by atoms with Crippen molar-refractivity contribution < 1.29 is 19.1 Å². The van der Waals surface area contributed by atoms with Crippen LogP contribution in [0.5, 0.6) is 0 Å². The van der Waals surface area contributed by atoms with E-state index in [2.05, 4.69) is 20.2 Å². The van der Waals surface area contributed by atoms with Gasteiger partial charge in [0.1, 0.15) is 6.04 Å². The molecule has 1 aromatic rings. The van der Waals surface area contributed by atoms with Crippen LogP contribution in [-0.2, 0) is 19.1 Å². The van der Waals surface area contributed by atoms with Crippen molar-refractivity contribution in [1.29, 1.82) is 0 Å². The standard InChI is InChI=1S/C23H35N5O4/c29-20(26-18-23(8-3-1-4-9-23)27-13-15-31-16-14-27)17-32-21(30)19-7-2-5-12-28(19)22-24-10-6-11-25-22/h6,10-11,19H,1-5,7-9,12-18H2,(H,26,29). The monoisotopic (exact) mass is 445 g/mol. The molecular weight excluding hydrogens is 410 g/mol. The Morgan fingerprint density at radius 2 is 1.81 bits per heavy atom. The number of anilines is 1. The molecule has 1 aliphatic carbocycles. The van der Waals surface area contributed by atoms with Crippen LogP contribution in [0.25, 0.3) is 0 Å². The van der Waals surface area contributed by atoms with Crippen LogP contribution >= 0.6 is 0 Å². The molecule has 0 bridgehead atoms. The SMILES string of the molecule is O=C(COC(=O)C1CCCCN1c1ncccn1)NCC1(N2CCOCC2)CCCCC1. The molecule has 176 valence electrons. The smallest absolute Gasteiger partial charge is 0.329 e. The zero-order valence-electron chi connectivity index (χ0n) is 18.8. The Hall–Kier alpha value is -2.26. The molecule has 1 saturated carbocycles. The van der Waals surface area contributed by atoms with Gasteiger partial charge in [-0.05, 0) is 38.2 Å². The molecule has 3 fully saturated rings. The van der Waals surface area contributed by atoms with Gasteiger partial charge in [-0.2, -0.15) is 0 Å². The Kier molecular flexibility index (Phi) is 7.91. The molecule has 1 atom stereocenters. The van der Waals surface area contributed by atoms with Crippen LogP contribution in [0.15, 0.2) is 18.5 Å². The number of morpholine rings is 1. The molecule has 0 aromatic carbocycles. The van der Waals surface area contributed by atoms with Crippen molar-refractivity contribution in [2.75, 3.05) is 50.9 Å². The second-order valence-corrected chi connectivity index (χ2v) is 9.02. The average molecular weight is 446 g/mol. The second-order valence-electron chi connectivity index (χ2n) is 9.02. The Bertz CT molecular complexity index is 750. The topological polar surface area (TPSA) is 96.9 Å². The molecule has 1 unspecified atom stereocenters. The molecule has 0 radical (unpaired) electrons. The minimum absolute atomic E-state index is 0.00742. The Labute approximate surface area is 189 Å². The molecule has 1 aromatic heterocycles. The van der Waals surface area contributed by atoms with Gasteiger partial charge in [-0.15, -0.1) is 0 Å². The van der Waals surface area contributed by atoms with Crippen molar-refractivity contribution in [2.24, 2.45) is 0 Å². The Morgan fingerprint density at radius 3 is 2.56 bits per heavy atom. The number of hydrogen-bond donors (Lipinski definition) is 1. The summed E-state index contributed by atoms with van der Waals surface area (Å²) in [5.41, 5.74) is -0.00742. The number of amides is 1. The first-order chi connectivity index (χ1) is 15.7. The first-order valence-corrected chi connectivity index (χ1v) is 12.0. The zero-order valence-corrected chi connectivity index (χ0v) is 18.8. The van der Waals surface area contributed by atoms with Crippen LogP contribution in [0.1, 0.15) is 51.4 Å². The van der Waals surface area contributed by atoms with Crippen molar-refractivity contribution in [2.45, 2.75) is 62.9 Å². The molecule has 3 aliphatic rings. The predicted molar refractivity (Wildman–Crippen MR) is 119 cm³/mol. The molecule has 9 nitrogen and oxygen atoms in total. The lowest BCUT2D eigenvalue weighted by atomic mass is 9.79. The highest BCUT2D eigenvalue weighted by Gasteiger charge is 2.39. The third-order valence-corrected chi connectivity index (χ3v) is 7.01. The van der Waals surface area contributed by atoms with Gasteiger partial charge >= 0.3 is 5.97 Å². The third-order valence-electron chi connectivity index (χ3n) is 7.01. The number of ether oxygens (including phenoxy) is 2. The van der Waals surface area contributed by atoms with E-state index >= 15 is 0 Å². The maximum atomic E-state index is 12.8. The molecule has 1 amide bonds. The van der Waals surface area contributed by atoms with E-state index < -0.39 is 6.04 Å². The van der Waals surface area contributed by atoms with E-state index in [1.165, 1.54) is 19.3 Å². The van der Waals surface area contributed by atoms with Crippen molar-refractivity contribution >= 4 is 17.8 Å². The van der Waals surface area contributed by atoms with E-state index in [0.29, 0.717) is 25.5 Å². The fourth-order valence-electron chi connectivity index (χ4n) is 5.25. The van der Waals surface area contributed by atoms with Gasteiger partial charge in [0.05, 0.1) is 13.2 Å². The molecule has 9 heteroatoms. The lowest BCUT2D eigenvalue weighted by molar-refractivity contribution is -0.150. The molecule has 2 saturated heterocycles. The first kappa shape index (κ1) is 22.9. The second kappa shape index (κ2) is 11.0. The number of nitrogens with zero attached hydrogens (tertiary/aromatic N) is 4. The number of hydrogen-bond acceptors (Lipinski definition) is 8. The number of nitrogens with one attached hydrogen (secondary N) is 1. The van der Waals surface area contributed by atoms with Crippen LogP contribution in [-0.4, -0.2) is 84.3 Å². The van der Waals surface area contributed by atoms with Crippen molar-refractivity contribution in [3.63, 3.8) is 0 Å². The fraction of sp³-hybridized carbons (Fsp3) is 0.739. The maximum absolute atomic E-state index is 12.8. The van der Waals surface area contributed by atoms with E-state index in [1.807, 2.05) is 4.90 Å². The zero-order chi connectivity index (χ0) is 22.2. The third kappa shape index (κ3) is 5.56. The molecule has 3 heterocycles. The maximum Gasteiger partial charge on any atom is 0.329 e. The normalized spacial score (nSPS) is 24.0. The number of carbonyl (C=O) groups is 2. The quantitative estimate of drug-likeness (QED) is 0.631. The van der Waals surface area contributed by atoms with Crippen LogP contribution in [0.3, 0.4) is 0 Å². The van der Waals surface area contributed by atoms with Crippen molar-refractivity contribution in [1.82, 2.24) is 20.2 Å². The van der Waals surface area contributed by atoms with Crippen LogP contribution in [0.2, 0.25) is 0 Å². The lowest BCUT2D eigenvalue weighted by Gasteiger charge is -2.48. The number of aromatic nitrogens is 2. The van der Waals surface area contributed by atoms with E-state index in [9.17, 15) is 9.59 Å². The van der Waals surface area contributed by atoms with Gasteiger partial charge < -0.3 is 19.7 Å². The van der Waals surface area contributed by atoms with Gasteiger partial charge in [0, 0.05) is 44.1 Å². The van der Waals surface area contributed by atoms with Gasteiger partial charge in [-0.25, -0.2) is 14.8 Å². The lowest BCUT2D eigenvalue weighted by Crippen LogP contribution is -2.60. The number of rotatable bonds is 7. The average Bonchev–Trinajstić information content (AvgIpc) is 2.87. The molecule has 4 rings (SSSR count). The molecule has 0 spiro atoms. The highest BCUT2D eigenvalue weighted by Crippen LogP contribution is 2.33. The van der Waals surface area contributed by atoms with Crippen LogP contribution < -0.4 is 10.2 Å². The summed E-state index contributed by atoms with van der Waals surface area (Å²) in [5, 5.41) is 3.05. The van der Waals surface area contributed by atoms with Gasteiger partial charge in [-0.1, -0.05) is 19.3 Å². The first-order valence-electron chi connectivity index (χ1n) is 12.0. The fourth-order valence-corrected chi connectivity index (χ4v) is 5.25. The van der Waals surface area contributed by atoms with E-state index in [4.69, 9.17) is 9.47 Å². The summed E-state index contributed by atoms with van der Waals surface area (Å²) in [4.78, 5) is 38.3. The molecule has 2 aliphatic heterocycles. The van der Waals surface area contributed by atoms with Crippen molar-refractivity contribution in [3.8, 4) is 0 Å². The summed E-state index contributed by atoms with van der Waals surface area (Å²) >= 11 is 0. The summed E-state index contributed by atoms with van der Waals surface area (Å²) < 4.78 is 11.0. The van der Waals surface area contributed by atoms with Crippen LogP contribution in [0, 0.1) is 0 Å².